The standard InChI is InChI=1S/C20H24N4O4/c25-18(22-12-5-3-10-19(26)27)14-23-20(28)15-7-6-8-16(13-15)24-17-9-2-1-4-11-21-17/h6-8,13H,1-4,9-11,14H2,(H,21,24)(H,22,25)(H,23,28)(H,26,27). The molecule has 0 saturated heterocycles. The maximum atomic E-state index is 12.2. The molecule has 0 spiro atoms. The number of hydrogen-bond acceptors (Lipinski definition) is 5. The third kappa shape index (κ3) is 7.91. The SMILES string of the molecule is O=C(O)CCC#CNC(=O)CNC(=O)c1cccc(NC2=NCCCCC2)c1. The first-order valence-corrected chi connectivity index (χ1v) is 9.21. The molecule has 0 bridgehead atoms. The van der Waals surface area contributed by atoms with Crippen LogP contribution in [0.4, 0.5) is 5.69 Å². The summed E-state index contributed by atoms with van der Waals surface area (Å²) in [4.78, 5) is 38.8. The van der Waals surface area contributed by atoms with Crippen LogP contribution in [-0.4, -0.2) is 41.8 Å². The van der Waals surface area contributed by atoms with Crippen molar-refractivity contribution in [3.05, 3.63) is 29.8 Å². The molecule has 28 heavy (non-hydrogen) atoms. The molecule has 4 N–H and O–H groups in total. The Kier molecular flexibility index (Phi) is 8.53. The normalized spacial score (nSPS) is 13.2. The summed E-state index contributed by atoms with van der Waals surface area (Å²) in [5.41, 5.74) is 1.21. The lowest BCUT2D eigenvalue weighted by Crippen LogP contribution is -2.35. The van der Waals surface area contributed by atoms with E-state index in [2.05, 4.69) is 32.9 Å². The van der Waals surface area contributed by atoms with Crippen molar-refractivity contribution < 1.29 is 19.5 Å². The van der Waals surface area contributed by atoms with Crippen molar-refractivity contribution in [1.29, 1.82) is 0 Å². The third-order valence-corrected chi connectivity index (χ3v) is 3.95. The lowest BCUT2D eigenvalue weighted by atomic mass is 10.1. The maximum absolute atomic E-state index is 12.2. The van der Waals surface area contributed by atoms with Crippen LogP contribution in [0.2, 0.25) is 0 Å². The van der Waals surface area contributed by atoms with Gasteiger partial charge in [0.1, 0.15) is 5.84 Å². The van der Waals surface area contributed by atoms with Crippen LogP contribution < -0.4 is 16.0 Å². The van der Waals surface area contributed by atoms with Gasteiger partial charge >= 0.3 is 5.97 Å². The van der Waals surface area contributed by atoms with Gasteiger partial charge in [0.15, 0.2) is 0 Å². The maximum Gasteiger partial charge on any atom is 0.304 e. The Morgan fingerprint density at radius 2 is 2.04 bits per heavy atom. The second-order valence-corrected chi connectivity index (χ2v) is 6.27. The zero-order valence-electron chi connectivity index (χ0n) is 15.6. The van der Waals surface area contributed by atoms with E-state index in [0.717, 1.165) is 37.3 Å². The van der Waals surface area contributed by atoms with Crippen molar-refractivity contribution in [1.82, 2.24) is 10.6 Å². The van der Waals surface area contributed by atoms with Crippen molar-refractivity contribution in [2.75, 3.05) is 18.4 Å². The molecule has 1 aliphatic rings. The Balaban J connectivity index is 1.81. The van der Waals surface area contributed by atoms with Gasteiger partial charge in [0.25, 0.3) is 11.8 Å². The van der Waals surface area contributed by atoms with Crippen LogP contribution >= 0.6 is 0 Å². The first kappa shape index (κ1) is 21.0. The summed E-state index contributed by atoms with van der Waals surface area (Å²) in [5.74, 6) is 1.65. The highest BCUT2D eigenvalue weighted by Crippen LogP contribution is 2.14. The van der Waals surface area contributed by atoms with Crippen molar-refractivity contribution in [3.8, 4) is 12.0 Å². The minimum Gasteiger partial charge on any atom is -0.481 e. The molecular weight excluding hydrogens is 360 g/mol. The van der Waals surface area contributed by atoms with E-state index < -0.39 is 11.9 Å². The zero-order chi connectivity index (χ0) is 20.2. The smallest absolute Gasteiger partial charge is 0.304 e. The molecule has 1 aromatic rings. The van der Waals surface area contributed by atoms with E-state index in [1.165, 1.54) is 6.42 Å². The summed E-state index contributed by atoms with van der Waals surface area (Å²) in [5, 5.41) is 16.6. The fourth-order valence-electron chi connectivity index (χ4n) is 2.53. The second-order valence-electron chi connectivity index (χ2n) is 6.27. The van der Waals surface area contributed by atoms with Crippen molar-refractivity contribution in [2.24, 2.45) is 4.99 Å². The Labute approximate surface area is 163 Å². The molecular formula is C20H24N4O4. The lowest BCUT2D eigenvalue weighted by Gasteiger charge is -2.10. The predicted octanol–water partition coefficient (Wildman–Crippen LogP) is 1.74. The molecule has 0 aliphatic carbocycles. The minimum atomic E-state index is -0.948. The second kappa shape index (κ2) is 11.4. The minimum absolute atomic E-state index is 0.0869. The molecule has 0 unspecified atom stereocenters. The summed E-state index contributed by atoms with van der Waals surface area (Å²) < 4.78 is 0. The van der Waals surface area contributed by atoms with Crippen LogP contribution in [-0.2, 0) is 9.59 Å². The van der Waals surface area contributed by atoms with Gasteiger partial charge in [-0.05, 0) is 31.0 Å². The number of amides is 2. The molecule has 0 fully saturated rings. The number of carbonyl (C=O) groups excluding carboxylic acids is 2. The van der Waals surface area contributed by atoms with Crippen LogP contribution in [0.15, 0.2) is 29.3 Å². The average Bonchev–Trinajstić information content (AvgIpc) is 2.94. The number of carboxylic acid groups (broad SMARTS) is 1. The Bertz CT molecular complexity index is 808. The van der Waals surface area contributed by atoms with E-state index in [9.17, 15) is 14.4 Å². The molecule has 0 atom stereocenters. The number of carboxylic acids is 1. The highest BCUT2D eigenvalue weighted by Gasteiger charge is 2.10. The number of anilines is 1. The van der Waals surface area contributed by atoms with E-state index in [-0.39, 0.29) is 25.3 Å². The largest absolute Gasteiger partial charge is 0.481 e. The summed E-state index contributed by atoms with van der Waals surface area (Å²) in [7, 11) is 0. The molecule has 1 heterocycles. The molecule has 148 valence electrons. The number of aliphatic imine (C=N–C) groups is 1. The molecule has 2 rings (SSSR count). The van der Waals surface area contributed by atoms with Gasteiger partial charge in [-0.1, -0.05) is 18.4 Å². The van der Waals surface area contributed by atoms with Gasteiger partial charge in [0.2, 0.25) is 0 Å². The first-order valence-electron chi connectivity index (χ1n) is 9.21. The van der Waals surface area contributed by atoms with Crippen LogP contribution in [0.1, 0.15) is 48.9 Å². The molecule has 8 heteroatoms. The van der Waals surface area contributed by atoms with Gasteiger partial charge in [-0.15, -0.1) is 0 Å². The van der Waals surface area contributed by atoms with E-state index in [1.54, 1.807) is 18.2 Å². The van der Waals surface area contributed by atoms with Crippen LogP contribution in [0.25, 0.3) is 0 Å². The molecule has 0 saturated carbocycles. The number of aliphatic carboxylic acids is 1. The van der Waals surface area contributed by atoms with Gasteiger partial charge in [-0.3, -0.25) is 24.7 Å². The molecule has 0 aromatic heterocycles. The number of nitrogens with zero attached hydrogens (tertiary/aromatic N) is 1. The molecule has 2 amide bonds. The fraction of sp³-hybridized carbons (Fsp3) is 0.400. The highest BCUT2D eigenvalue weighted by atomic mass is 16.4. The van der Waals surface area contributed by atoms with Gasteiger partial charge < -0.3 is 15.7 Å². The third-order valence-electron chi connectivity index (χ3n) is 3.95. The first-order chi connectivity index (χ1) is 13.5. The van der Waals surface area contributed by atoms with Crippen LogP contribution in [0.5, 0.6) is 0 Å². The van der Waals surface area contributed by atoms with Crippen molar-refractivity contribution in [3.63, 3.8) is 0 Å². The summed E-state index contributed by atoms with van der Waals surface area (Å²) in [6.45, 7) is 0.591. The van der Waals surface area contributed by atoms with Crippen LogP contribution in [0, 0.1) is 12.0 Å². The van der Waals surface area contributed by atoms with Gasteiger partial charge in [0.05, 0.1) is 13.0 Å². The predicted molar refractivity (Wildman–Crippen MR) is 106 cm³/mol. The van der Waals surface area contributed by atoms with E-state index in [1.807, 2.05) is 6.07 Å². The Morgan fingerprint density at radius 3 is 2.86 bits per heavy atom. The highest BCUT2D eigenvalue weighted by molar-refractivity contribution is 5.99. The Morgan fingerprint density at radius 1 is 1.18 bits per heavy atom. The zero-order valence-corrected chi connectivity index (χ0v) is 15.6. The number of amidine groups is 1. The van der Waals surface area contributed by atoms with Crippen molar-refractivity contribution in [2.45, 2.75) is 38.5 Å². The number of nitrogens with one attached hydrogen (secondary N) is 3. The number of hydrogen-bond donors (Lipinski definition) is 4. The van der Waals surface area contributed by atoms with Gasteiger partial charge in [0, 0.05) is 36.7 Å². The average molecular weight is 384 g/mol. The quantitative estimate of drug-likeness (QED) is 0.440. The number of benzene rings is 1. The van der Waals surface area contributed by atoms with Crippen LogP contribution in [0.3, 0.4) is 0 Å². The lowest BCUT2D eigenvalue weighted by molar-refractivity contribution is -0.136. The van der Waals surface area contributed by atoms with E-state index >= 15 is 0 Å². The van der Waals surface area contributed by atoms with Gasteiger partial charge in [-0.2, -0.15) is 0 Å². The summed E-state index contributed by atoms with van der Waals surface area (Å²) >= 11 is 0. The summed E-state index contributed by atoms with van der Waals surface area (Å²) in [6, 6.07) is 9.39. The monoisotopic (exact) mass is 384 g/mol. The molecule has 8 nitrogen and oxygen atoms in total. The Hall–Kier alpha value is -3.34. The fourth-order valence-corrected chi connectivity index (χ4v) is 2.53. The molecule has 1 aliphatic heterocycles. The van der Waals surface area contributed by atoms with Gasteiger partial charge in [-0.25, -0.2) is 0 Å². The summed E-state index contributed by atoms with van der Waals surface area (Å²) in [6.07, 6.45) is 4.32. The van der Waals surface area contributed by atoms with Crippen molar-refractivity contribution >= 4 is 29.3 Å². The number of rotatable bonds is 6. The molecule has 0 radical (unpaired) electrons. The topological polar surface area (TPSA) is 120 Å². The molecule has 1 aromatic carbocycles. The number of carbonyl (C=O) groups is 3. The van der Waals surface area contributed by atoms with E-state index in [4.69, 9.17) is 5.11 Å². The van der Waals surface area contributed by atoms with E-state index in [0.29, 0.717) is 5.56 Å².